The number of halogens is 1. The second kappa shape index (κ2) is 11.4. The Labute approximate surface area is 239 Å². The number of para-hydroxylation sites is 1. The number of aliphatic hydroxyl groups excluding tert-OH is 1. The topological polar surface area (TPSA) is 90.9 Å². The van der Waals surface area contributed by atoms with E-state index >= 15 is 0 Å². The largest absolute Gasteiger partial charge is 0.509 e. The van der Waals surface area contributed by atoms with Gasteiger partial charge in [-0.25, -0.2) is 4.39 Å². The first kappa shape index (κ1) is 27.0. The fraction of sp³-hybridized carbons (Fsp3) is 0.333. The summed E-state index contributed by atoms with van der Waals surface area (Å²) in [5, 5.41) is 18.3. The molecule has 0 saturated carbocycles. The van der Waals surface area contributed by atoms with E-state index in [1.165, 1.54) is 24.3 Å². The van der Waals surface area contributed by atoms with Crippen molar-refractivity contribution in [3.05, 3.63) is 113 Å². The van der Waals surface area contributed by atoms with Gasteiger partial charge in [0, 0.05) is 30.4 Å². The van der Waals surface area contributed by atoms with E-state index in [-0.39, 0.29) is 35.5 Å². The number of hydrogen-bond acceptors (Lipinski definition) is 5. The molecule has 3 atom stereocenters. The molecule has 8 heteroatoms. The monoisotopic (exact) mass is 555 g/mol. The highest BCUT2D eigenvalue weighted by Gasteiger charge is 2.59. The second-order valence-corrected chi connectivity index (χ2v) is 11.1. The Morgan fingerprint density at radius 1 is 0.951 bits per heavy atom. The van der Waals surface area contributed by atoms with Gasteiger partial charge in [0.05, 0.1) is 17.7 Å². The smallest absolute Gasteiger partial charge is 0.253 e. The lowest BCUT2D eigenvalue weighted by atomic mass is 9.80. The van der Waals surface area contributed by atoms with Crippen LogP contribution in [0.5, 0.6) is 0 Å². The fourth-order valence-electron chi connectivity index (χ4n) is 6.33. The van der Waals surface area contributed by atoms with Gasteiger partial charge in [-0.3, -0.25) is 9.59 Å². The summed E-state index contributed by atoms with van der Waals surface area (Å²) >= 11 is 0. The first-order valence-corrected chi connectivity index (χ1v) is 14.3. The molecular formula is C33H34FN3O4. The Bertz CT molecular complexity index is 1380. The highest BCUT2D eigenvalue weighted by Crippen LogP contribution is 2.50. The third-order valence-corrected chi connectivity index (χ3v) is 8.52. The van der Waals surface area contributed by atoms with Crippen LogP contribution in [0.1, 0.15) is 41.6 Å². The van der Waals surface area contributed by atoms with Crippen molar-refractivity contribution in [2.45, 2.75) is 55.9 Å². The average molecular weight is 556 g/mol. The van der Waals surface area contributed by atoms with Gasteiger partial charge in [-0.2, -0.15) is 0 Å². The number of nitrogens with zero attached hydrogens (tertiary/aromatic N) is 1. The summed E-state index contributed by atoms with van der Waals surface area (Å²) in [4.78, 5) is 28.0. The van der Waals surface area contributed by atoms with E-state index in [2.05, 4.69) is 22.8 Å². The molecule has 3 aliphatic heterocycles. The summed E-state index contributed by atoms with van der Waals surface area (Å²) in [5.74, 6) is -0.821. The molecule has 0 spiro atoms. The molecule has 3 unspecified atom stereocenters. The Morgan fingerprint density at radius 3 is 2.29 bits per heavy atom. The zero-order valence-corrected chi connectivity index (χ0v) is 22.8. The molecule has 6 rings (SSSR count). The van der Waals surface area contributed by atoms with E-state index in [1.54, 1.807) is 4.90 Å². The van der Waals surface area contributed by atoms with Gasteiger partial charge in [0.15, 0.2) is 0 Å². The van der Waals surface area contributed by atoms with E-state index in [0.29, 0.717) is 56.3 Å². The van der Waals surface area contributed by atoms with Crippen LogP contribution < -0.4 is 10.6 Å². The maximum atomic E-state index is 13.5. The first-order chi connectivity index (χ1) is 19.9. The van der Waals surface area contributed by atoms with Gasteiger partial charge < -0.3 is 25.4 Å². The van der Waals surface area contributed by atoms with Crippen LogP contribution in [0.15, 0.2) is 96.3 Å². The van der Waals surface area contributed by atoms with Crippen LogP contribution in [-0.2, 0) is 16.0 Å². The van der Waals surface area contributed by atoms with Crippen LogP contribution in [0.3, 0.4) is 0 Å². The van der Waals surface area contributed by atoms with Gasteiger partial charge in [0.1, 0.15) is 17.2 Å². The Balaban J connectivity index is 1.15. The minimum absolute atomic E-state index is 0.0135. The van der Waals surface area contributed by atoms with Gasteiger partial charge in [-0.15, -0.1) is 0 Å². The van der Waals surface area contributed by atoms with Crippen molar-refractivity contribution in [3.63, 3.8) is 0 Å². The molecule has 0 radical (unpaired) electrons. The van der Waals surface area contributed by atoms with Gasteiger partial charge >= 0.3 is 0 Å². The van der Waals surface area contributed by atoms with Crippen molar-refractivity contribution < 1.29 is 23.8 Å². The minimum atomic E-state index is -1.01. The molecule has 2 amide bonds. The molecule has 2 fully saturated rings. The molecule has 2 bridgehead atoms. The molecule has 3 aliphatic rings. The number of nitrogens with one attached hydrogen (secondary N) is 2. The molecule has 3 aromatic rings. The van der Waals surface area contributed by atoms with Crippen molar-refractivity contribution in [1.29, 1.82) is 0 Å². The van der Waals surface area contributed by atoms with E-state index in [4.69, 9.17) is 4.74 Å². The molecular weight excluding hydrogens is 521 g/mol. The van der Waals surface area contributed by atoms with Crippen molar-refractivity contribution in [1.82, 2.24) is 10.2 Å². The van der Waals surface area contributed by atoms with Gasteiger partial charge in [0.2, 0.25) is 0 Å². The summed E-state index contributed by atoms with van der Waals surface area (Å²) < 4.78 is 19.7. The first-order valence-electron chi connectivity index (χ1n) is 14.3. The van der Waals surface area contributed by atoms with Crippen molar-refractivity contribution >= 4 is 17.5 Å². The normalized spacial score (nSPS) is 23.0. The standard InChI is InChI=1S/C33H34FN3O4/c34-24-13-11-23(12-14-24)32(40)37-19-16-26(17-20-37)36-31(39)29-27-15-18-33(41-27,30(29)38)28(21-22-7-3-1-4-8-22)35-25-9-5-2-6-10-25/h1-14,26-28,35,38H,15-21H2,(H,36,39). The summed E-state index contributed by atoms with van der Waals surface area (Å²) in [7, 11) is 0. The number of hydrogen-bond donors (Lipinski definition) is 3. The molecule has 3 heterocycles. The number of amides is 2. The van der Waals surface area contributed by atoms with Crippen LogP contribution in [0.4, 0.5) is 10.1 Å². The third kappa shape index (κ3) is 5.44. The van der Waals surface area contributed by atoms with Crippen molar-refractivity contribution in [3.8, 4) is 0 Å². The molecule has 7 nitrogen and oxygen atoms in total. The minimum Gasteiger partial charge on any atom is -0.509 e. The summed E-state index contributed by atoms with van der Waals surface area (Å²) in [6.45, 7) is 0.965. The second-order valence-electron chi connectivity index (χ2n) is 11.1. The number of aliphatic hydroxyl groups is 1. The van der Waals surface area contributed by atoms with Crippen molar-refractivity contribution in [2.75, 3.05) is 18.4 Å². The number of carbonyl (C=O) groups excluding carboxylic acids is 2. The highest BCUT2D eigenvalue weighted by molar-refractivity contribution is 5.96. The molecule has 41 heavy (non-hydrogen) atoms. The van der Waals surface area contributed by atoms with E-state index in [9.17, 15) is 19.1 Å². The van der Waals surface area contributed by atoms with Crippen LogP contribution in [0, 0.1) is 5.82 Å². The molecule has 3 N–H and O–H groups in total. The Hall–Kier alpha value is -4.17. The molecule has 0 aromatic heterocycles. The number of carbonyl (C=O) groups is 2. The molecule has 3 aromatic carbocycles. The third-order valence-electron chi connectivity index (χ3n) is 8.52. The summed E-state index contributed by atoms with van der Waals surface area (Å²) in [6, 6.07) is 25.0. The lowest BCUT2D eigenvalue weighted by Gasteiger charge is -2.36. The van der Waals surface area contributed by atoms with E-state index in [0.717, 1.165) is 11.3 Å². The highest BCUT2D eigenvalue weighted by atomic mass is 19.1. The van der Waals surface area contributed by atoms with Gasteiger partial charge in [-0.05, 0) is 74.1 Å². The SMILES string of the molecule is O=C(NC1CCN(C(=O)c2ccc(F)cc2)CC1)C1=C(O)C2(C(Cc3ccccc3)Nc3ccccc3)CCC1O2. The van der Waals surface area contributed by atoms with Crippen LogP contribution >= 0.6 is 0 Å². The van der Waals surface area contributed by atoms with Crippen LogP contribution in [0.2, 0.25) is 0 Å². The van der Waals surface area contributed by atoms with Crippen LogP contribution in [-0.4, -0.2) is 58.7 Å². The number of rotatable bonds is 8. The van der Waals surface area contributed by atoms with Crippen LogP contribution in [0.25, 0.3) is 0 Å². The summed E-state index contributed by atoms with van der Waals surface area (Å²) in [6.07, 6.45) is 2.60. The van der Waals surface area contributed by atoms with E-state index < -0.39 is 11.7 Å². The maximum absolute atomic E-state index is 13.5. The average Bonchev–Trinajstić information content (AvgIpc) is 3.56. The predicted molar refractivity (Wildman–Crippen MR) is 154 cm³/mol. The number of ether oxygens (including phenoxy) is 1. The van der Waals surface area contributed by atoms with Gasteiger partial charge in [-0.1, -0.05) is 48.5 Å². The lowest BCUT2D eigenvalue weighted by molar-refractivity contribution is -0.119. The number of likely N-dealkylation sites (tertiary alicyclic amines) is 1. The number of benzene rings is 3. The lowest BCUT2D eigenvalue weighted by Crippen LogP contribution is -2.49. The maximum Gasteiger partial charge on any atom is 0.253 e. The fourth-order valence-corrected chi connectivity index (χ4v) is 6.33. The zero-order valence-electron chi connectivity index (χ0n) is 22.8. The number of anilines is 1. The Morgan fingerprint density at radius 2 is 1.61 bits per heavy atom. The molecule has 2 saturated heterocycles. The summed E-state index contributed by atoms with van der Waals surface area (Å²) in [5.41, 5.74) is 1.78. The van der Waals surface area contributed by atoms with Gasteiger partial charge in [0.25, 0.3) is 11.8 Å². The number of fused-ring (bicyclic) bond motifs is 2. The molecule has 212 valence electrons. The zero-order chi connectivity index (χ0) is 28.4. The quantitative estimate of drug-likeness (QED) is 0.364. The predicted octanol–water partition coefficient (Wildman–Crippen LogP) is 5.01. The van der Waals surface area contributed by atoms with E-state index in [1.807, 2.05) is 48.5 Å². The van der Waals surface area contributed by atoms with Crippen molar-refractivity contribution in [2.24, 2.45) is 0 Å². The Kier molecular flexibility index (Phi) is 7.49. The number of piperidine rings is 1. The molecule has 0 aliphatic carbocycles.